The van der Waals surface area contributed by atoms with Crippen molar-refractivity contribution in [3.05, 3.63) is 53.5 Å². The van der Waals surface area contributed by atoms with Crippen molar-refractivity contribution < 1.29 is 4.39 Å². The molecule has 100 valence electrons. The Morgan fingerprint density at radius 3 is 2.42 bits per heavy atom. The molecule has 4 heteroatoms. The van der Waals surface area contributed by atoms with Gasteiger partial charge in [-0.2, -0.15) is 0 Å². The number of aryl methyl sites for hydroxylation is 1. The molecule has 0 aliphatic rings. The molecule has 1 aromatic heterocycles. The second kappa shape index (κ2) is 5.80. The van der Waals surface area contributed by atoms with E-state index < -0.39 is 0 Å². The van der Waals surface area contributed by atoms with Crippen LogP contribution in [0.15, 0.2) is 36.4 Å². The molecule has 0 saturated carbocycles. The number of pyridine rings is 1. The summed E-state index contributed by atoms with van der Waals surface area (Å²) in [5, 5.41) is 3.12. The molecule has 2 aromatic rings. The van der Waals surface area contributed by atoms with Gasteiger partial charge in [0, 0.05) is 25.0 Å². The zero-order valence-electron chi connectivity index (χ0n) is 11.4. The number of hydrogen-bond acceptors (Lipinski definition) is 3. The van der Waals surface area contributed by atoms with Gasteiger partial charge in [-0.1, -0.05) is 6.07 Å². The molecule has 1 N–H and O–H groups in total. The first kappa shape index (κ1) is 13.5. The largest absolute Gasteiger partial charge is 0.329 e. The highest BCUT2D eigenvalue weighted by Crippen LogP contribution is 2.22. The van der Waals surface area contributed by atoms with E-state index in [1.807, 2.05) is 32.0 Å². The summed E-state index contributed by atoms with van der Waals surface area (Å²) in [6.07, 6.45) is 0. The van der Waals surface area contributed by atoms with Gasteiger partial charge >= 0.3 is 0 Å². The van der Waals surface area contributed by atoms with E-state index in [9.17, 15) is 4.39 Å². The molecule has 3 nitrogen and oxygen atoms in total. The quantitative estimate of drug-likeness (QED) is 0.914. The van der Waals surface area contributed by atoms with E-state index in [1.54, 1.807) is 12.1 Å². The summed E-state index contributed by atoms with van der Waals surface area (Å²) >= 11 is 0. The maximum absolute atomic E-state index is 12.9. The maximum Gasteiger partial charge on any atom is 0.132 e. The van der Waals surface area contributed by atoms with E-state index in [1.165, 1.54) is 17.7 Å². The SMILES string of the molecule is CNCc1ccc(N(C)c2ccc(F)cc2)nc1C. The van der Waals surface area contributed by atoms with E-state index in [0.29, 0.717) is 0 Å². The lowest BCUT2D eigenvalue weighted by atomic mass is 10.2. The number of aromatic nitrogens is 1. The third kappa shape index (κ3) is 3.09. The lowest BCUT2D eigenvalue weighted by Gasteiger charge is -2.19. The highest BCUT2D eigenvalue weighted by atomic mass is 19.1. The van der Waals surface area contributed by atoms with Gasteiger partial charge in [0.1, 0.15) is 11.6 Å². The van der Waals surface area contributed by atoms with Crippen LogP contribution >= 0.6 is 0 Å². The number of nitrogens with one attached hydrogen (secondary N) is 1. The maximum atomic E-state index is 12.9. The molecule has 0 amide bonds. The monoisotopic (exact) mass is 259 g/mol. The van der Waals surface area contributed by atoms with Gasteiger partial charge in [-0.15, -0.1) is 0 Å². The average Bonchev–Trinajstić information content (AvgIpc) is 2.41. The standard InChI is InChI=1S/C15H18FN3/c1-11-12(10-17-2)4-9-15(18-11)19(3)14-7-5-13(16)6-8-14/h4-9,17H,10H2,1-3H3. The van der Waals surface area contributed by atoms with Crippen molar-refractivity contribution in [2.24, 2.45) is 0 Å². The zero-order chi connectivity index (χ0) is 13.8. The molecule has 0 spiro atoms. The minimum absolute atomic E-state index is 0.231. The highest BCUT2D eigenvalue weighted by molar-refractivity contribution is 5.59. The summed E-state index contributed by atoms with van der Waals surface area (Å²) in [6.45, 7) is 2.80. The molecular weight excluding hydrogens is 241 g/mol. The van der Waals surface area contributed by atoms with Crippen molar-refractivity contribution in [3.63, 3.8) is 0 Å². The number of rotatable bonds is 4. The van der Waals surface area contributed by atoms with Crippen molar-refractivity contribution in [3.8, 4) is 0 Å². The van der Waals surface area contributed by atoms with Crippen molar-refractivity contribution >= 4 is 11.5 Å². The molecule has 1 heterocycles. The van der Waals surface area contributed by atoms with E-state index >= 15 is 0 Å². The van der Waals surface area contributed by atoms with E-state index in [4.69, 9.17) is 0 Å². The van der Waals surface area contributed by atoms with E-state index in [-0.39, 0.29) is 5.82 Å². The molecular formula is C15H18FN3. The Morgan fingerprint density at radius 2 is 1.84 bits per heavy atom. The second-order valence-electron chi connectivity index (χ2n) is 4.48. The normalized spacial score (nSPS) is 10.5. The summed E-state index contributed by atoms with van der Waals surface area (Å²) in [6, 6.07) is 10.4. The van der Waals surface area contributed by atoms with Gasteiger partial charge in [-0.05, 0) is 49.9 Å². The minimum Gasteiger partial charge on any atom is -0.329 e. The summed E-state index contributed by atoms with van der Waals surface area (Å²) in [5.41, 5.74) is 3.09. The first-order valence-corrected chi connectivity index (χ1v) is 6.22. The topological polar surface area (TPSA) is 28.2 Å². The summed E-state index contributed by atoms with van der Waals surface area (Å²) in [5.74, 6) is 0.620. The van der Waals surface area contributed by atoms with Crippen molar-refractivity contribution in [2.45, 2.75) is 13.5 Å². The lowest BCUT2D eigenvalue weighted by molar-refractivity contribution is 0.628. The Hall–Kier alpha value is -1.94. The van der Waals surface area contributed by atoms with Crippen LogP contribution in [0.3, 0.4) is 0 Å². The molecule has 0 radical (unpaired) electrons. The summed E-state index contributed by atoms with van der Waals surface area (Å²) in [7, 11) is 3.84. The van der Waals surface area contributed by atoms with Gasteiger partial charge in [0.05, 0.1) is 0 Å². The van der Waals surface area contributed by atoms with E-state index in [2.05, 4.69) is 16.4 Å². The smallest absolute Gasteiger partial charge is 0.132 e. The molecule has 19 heavy (non-hydrogen) atoms. The zero-order valence-corrected chi connectivity index (χ0v) is 11.4. The molecule has 0 aliphatic carbocycles. The molecule has 0 atom stereocenters. The molecule has 2 rings (SSSR count). The summed E-state index contributed by atoms with van der Waals surface area (Å²) < 4.78 is 12.9. The Kier molecular flexibility index (Phi) is 4.12. The molecule has 0 unspecified atom stereocenters. The van der Waals surface area contributed by atoms with Crippen molar-refractivity contribution in [1.82, 2.24) is 10.3 Å². The van der Waals surface area contributed by atoms with Gasteiger partial charge in [0.2, 0.25) is 0 Å². The first-order valence-electron chi connectivity index (χ1n) is 6.22. The average molecular weight is 259 g/mol. The first-order chi connectivity index (χ1) is 9.11. The van der Waals surface area contributed by atoms with Gasteiger partial charge < -0.3 is 10.2 Å². The van der Waals surface area contributed by atoms with Crippen molar-refractivity contribution in [2.75, 3.05) is 19.0 Å². The number of anilines is 2. The Labute approximate surface area is 113 Å². The number of nitrogens with zero attached hydrogens (tertiary/aromatic N) is 2. The van der Waals surface area contributed by atoms with Crippen molar-refractivity contribution in [1.29, 1.82) is 0 Å². The molecule has 0 bridgehead atoms. The van der Waals surface area contributed by atoms with Crippen LogP contribution in [0, 0.1) is 12.7 Å². The van der Waals surface area contributed by atoms with Gasteiger partial charge in [0.15, 0.2) is 0 Å². The minimum atomic E-state index is -0.231. The lowest BCUT2D eigenvalue weighted by Crippen LogP contribution is -2.13. The van der Waals surface area contributed by atoms with Crippen LogP contribution in [0.2, 0.25) is 0 Å². The fourth-order valence-corrected chi connectivity index (χ4v) is 1.94. The van der Waals surface area contributed by atoms with Crippen LogP contribution < -0.4 is 10.2 Å². The van der Waals surface area contributed by atoms with Crippen LogP contribution in [0.5, 0.6) is 0 Å². The van der Waals surface area contributed by atoms with Gasteiger partial charge in [-0.25, -0.2) is 9.37 Å². The highest BCUT2D eigenvalue weighted by Gasteiger charge is 2.07. The molecule has 0 fully saturated rings. The third-order valence-corrected chi connectivity index (χ3v) is 3.11. The summed E-state index contributed by atoms with van der Waals surface area (Å²) in [4.78, 5) is 6.52. The predicted molar refractivity (Wildman–Crippen MR) is 76.2 cm³/mol. The fraction of sp³-hybridized carbons (Fsp3) is 0.267. The Morgan fingerprint density at radius 1 is 1.16 bits per heavy atom. The molecule has 0 saturated heterocycles. The molecule has 0 aliphatic heterocycles. The van der Waals surface area contributed by atoms with Crippen LogP contribution in [-0.4, -0.2) is 19.1 Å². The number of benzene rings is 1. The number of hydrogen-bond donors (Lipinski definition) is 1. The van der Waals surface area contributed by atoms with Crippen LogP contribution in [-0.2, 0) is 6.54 Å². The van der Waals surface area contributed by atoms with Crippen LogP contribution in [0.25, 0.3) is 0 Å². The Balaban J connectivity index is 2.26. The van der Waals surface area contributed by atoms with E-state index in [0.717, 1.165) is 23.7 Å². The van der Waals surface area contributed by atoms with Crippen LogP contribution in [0.4, 0.5) is 15.9 Å². The van der Waals surface area contributed by atoms with Gasteiger partial charge in [0.25, 0.3) is 0 Å². The van der Waals surface area contributed by atoms with Crippen LogP contribution in [0.1, 0.15) is 11.3 Å². The number of halogens is 1. The fourth-order valence-electron chi connectivity index (χ4n) is 1.94. The predicted octanol–water partition coefficient (Wildman–Crippen LogP) is 3.02. The third-order valence-electron chi connectivity index (χ3n) is 3.11. The molecule has 1 aromatic carbocycles. The van der Waals surface area contributed by atoms with Gasteiger partial charge in [-0.3, -0.25) is 0 Å². The Bertz CT molecular complexity index is 552. The second-order valence-corrected chi connectivity index (χ2v) is 4.48.